The van der Waals surface area contributed by atoms with Crippen molar-refractivity contribution in [3.05, 3.63) is 82.7 Å². The van der Waals surface area contributed by atoms with Gasteiger partial charge in [-0.15, -0.1) is 11.8 Å². The molecule has 0 saturated carbocycles. The number of esters is 1. The van der Waals surface area contributed by atoms with Crippen LogP contribution in [0.3, 0.4) is 0 Å². The smallest absolute Gasteiger partial charge is 0.309 e. The molecule has 162 valence electrons. The summed E-state index contributed by atoms with van der Waals surface area (Å²) in [4.78, 5) is 12.8. The Kier molecular flexibility index (Phi) is 6.06. The van der Waals surface area contributed by atoms with Gasteiger partial charge in [-0.1, -0.05) is 30.3 Å². The first kappa shape index (κ1) is 21.8. The lowest BCUT2D eigenvalue weighted by Gasteiger charge is -2.35. The molecule has 6 heteroatoms. The average Bonchev–Trinajstić information content (AvgIpc) is 2.71. The number of aliphatic hydroxyl groups excluding tert-OH is 2. The molecule has 2 heterocycles. The van der Waals surface area contributed by atoms with E-state index in [1.54, 1.807) is 23.9 Å². The third-order valence-corrected chi connectivity index (χ3v) is 6.92. The second kappa shape index (κ2) is 8.61. The molecular weight excluding hydrogens is 415 g/mol. The number of benzene rings is 2. The molecule has 2 N–H and O–H groups in total. The van der Waals surface area contributed by atoms with Gasteiger partial charge in [-0.3, -0.25) is 4.79 Å². The van der Waals surface area contributed by atoms with Gasteiger partial charge in [0.2, 0.25) is 0 Å². The van der Waals surface area contributed by atoms with Gasteiger partial charge in [0.1, 0.15) is 11.9 Å². The number of thioether (sulfide) groups is 1. The van der Waals surface area contributed by atoms with E-state index in [-0.39, 0.29) is 23.3 Å². The number of aliphatic hydroxyl groups is 2. The van der Waals surface area contributed by atoms with E-state index in [2.05, 4.69) is 19.9 Å². The van der Waals surface area contributed by atoms with Crippen molar-refractivity contribution in [3.8, 4) is 0 Å². The number of halogens is 1. The molecule has 0 amide bonds. The summed E-state index contributed by atoms with van der Waals surface area (Å²) >= 11 is 1.73. The van der Waals surface area contributed by atoms with E-state index >= 15 is 0 Å². The fraction of sp³-hybridized carbons (Fsp3) is 0.320. The quantitative estimate of drug-likeness (QED) is 0.679. The lowest BCUT2D eigenvalue weighted by atomic mass is 9.85. The summed E-state index contributed by atoms with van der Waals surface area (Å²) < 4.78 is 19.1. The summed E-state index contributed by atoms with van der Waals surface area (Å²) in [5.41, 5.74) is 4.04. The van der Waals surface area contributed by atoms with E-state index in [4.69, 9.17) is 4.74 Å². The molecule has 2 aromatic rings. The number of ether oxygens (including phenoxy) is 1. The standard InChI is InChI=1S/C25H25FO4S/c1-25(2)20(9-8-18-12-17(28)13-23(29)30-18)24(19-5-3-4-6-22(19)31-25)15-7-10-21(26)16(11-15)14-27/h3-11,17-18,27-28H,12-14H2,1-2H3/t17-,18-/m1/s1. The van der Waals surface area contributed by atoms with Gasteiger partial charge in [-0.25, -0.2) is 4.39 Å². The number of carbonyl (C=O) groups excluding carboxylic acids is 1. The van der Waals surface area contributed by atoms with Gasteiger partial charge in [0.05, 0.1) is 19.1 Å². The molecule has 0 unspecified atom stereocenters. The average molecular weight is 441 g/mol. The molecule has 0 spiro atoms. The van der Waals surface area contributed by atoms with E-state index < -0.39 is 24.0 Å². The number of fused-ring (bicyclic) bond motifs is 1. The van der Waals surface area contributed by atoms with Crippen molar-refractivity contribution in [2.45, 2.75) is 55.1 Å². The van der Waals surface area contributed by atoms with Gasteiger partial charge >= 0.3 is 5.97 Å². The van der Waals surface area contributed by atoms with Gasteiger partial charge in [0.15, 0.2) is 0 Å². The van der Waals surface area contributed by atoms with Crippen molar-refractivity contribution in [1.29, 1.82) is 0 Å². The molecule has 0 aromatic heterocycles. The maximum absolute atomic E-state index is 14.1. The molecule has 0 bridgehead atoms. The van der Waals surface area contributed by atoms with Gasteiger partial charge in [-0.2, -0.15) is 0 Å². The van der Waals surface area contributed by atoms with Crippen molar-refractivity contribution >= 4 is 23.3 Å². The highest BCUT2D eigenvalue weighted by atomic mass is 32.2. The van der Waals surface area contributed by atoms with Crippen molar-refractivity contribution in [3.63, 3.8) is 0 Å². The van der Waals surface area contributed by atoms with E-state index in [0.29, 0.717) is 6.42 Å². The van der Waals surface area contributed by atoms with E-state index in [1.165, 1.54) is 6.07 Å². The Labute approximate surface area is 185 Å². The third kappa shape index (κ3) is 4.47. The summed E-state index contributed by atoms with van der Waals surface area (Å²) in [6, 6.07) is 12.9. The van der Waals surface area contributed by atoms with Gasteiger partial charge in [-0.05, 0) is 60.4 Å². The molecule has 31 heavy (non-hydrogen) atoms. The Balaban J connectivity index is 1.87. The monoisotopic (exact) mass is 440 g/mol. The van der Waals surface area contributed by atoms with Crippen molar-refractivity contribution in [2.75, 3.05) is 0 Å². The maximum Gasteiger partial charge on any atom is 0.309 e. The van der Waals surface area contributed by atoms with Crippen LogP contribution in [0.25, 0.3) is 5.57 Å². The van der Waals surface area contributed by atoms with Crippen LogP contribution in [0.5, 0.6) is 0 Å². The molecular formula is C25H25FO4S. The lowest BCUT2D eigenvalue weighted by Crippen LogP contribution is -2.31. The highest BCUT2D eigenvalue weighted by Crippen LogP contribution is 2.51. The van der Waals surface area contributed by atoms with Crippen LogP contribution in [0.15, 0.2) is 65.1 Å². The van der Waals surface area contributed by atoms with Crippen molar-refractivity contribution in [1.82, 2.24) is 0 Å². The predicted molar refractivity (Wildman–Crippen MR) is 119 cm³/mol. The largest absolute Gasteiger partial charge is 0.458 e. The summed E-state index contributed by atoms with van der Waals surface area (Å²) in [5, 5.41) is 19.5. The predicted octanol–water partition coefficient (Wildman–Crippen LogP) is 4.63. The Bertz CT molecular complexity index is 1070. The van der Waals surface area contributed by atoms with Crippen LogP contribution in [-0.4, -0.2) is 33.1 Å². The molecule has 1 fully saturated rings. The minimum atomic E-state index is -0.706. The molecule has 1 saturated heterocycles. The molecule has 2 aliphatic rings. The lowest BCUT2D eigenvalue weighted by molar-refractivity contribution is -0.156. The normalized spacial score (nSPS) is 23.1. The molecule has 4 nitrogen and oxygen atoms in total. The topological polar surface area (TPSA) is 66.8 Å². The Morgan fingerprint density at radius 3 is 2.77 bits per heavy atom. The SMILES string of the molecule is CC1(C)Sc2ccccc2C(c2ccc(F)c(CO)c2)=C1C=C[C@@H]1C[C@@H](O)CC(=O)O1. The number of hydrogen-bond acceptors (Lipinski definition) is 5. The zero-order valence-electron chi connectivity index (χ0n) is 17.5. The fourth-order valence-electron chi connectivity index (χ4n) is 4.11. The summed E-state index contributed by atoms with van der Waals surface area (Å²) in [6.45, 7) is 3.85. The molecule has 0 aliphatic carbocycles. The van der Waals surface area contributed by atoms with E-state index in [9.17, 15) is 19.4 Å². The number of allylic oxidation sites excluding steroid dienone is 1. The van der Waals surface area contributed by atoms with Crippen LogP contribution in [0.1, 0.15) is 43.4 Å². The van der Waals surface area contributed by atoms with Crippen LogP contribution in [0, 0.1) is 5.82 Å². The van der Waals surface area contributed by atoms with Crippen LogP contribution in [-0.2, 0) is 16.1 Å². The van der Waals surface area contributed by atoms with Crippen LogP contribution in [0.2, 0.25) is 0 Å². The summed E-state index contributed by atoms with van der Waals surface area (Å²) in [6.07, 6.45) is 2.96. The molecule has 0 radical (unpaired) electrons. The number of carbonyl (C=O) groups is 1. The van der Waals surface area contributed by atoms with Gasteiger partial charge in [0.25, 0.3) is 0 Å². The Hall–Kier alpha value is -2.41. The summed E-state index contributed by atoms with van der Waals surface area (Å²) in [7, 11) is 0. The number of hydrogen-bond donors (Lipinski definition) is 2. The minimum absolute atomic E-state index is 0.0204. The number of rotatable bonds is 4. The molecule has 2 aromatic carbocycles. The molecule has 2 atom stereocenters. The van der Waals surface area contributed by atoms with Crippen LogP contribution < -0.4 is 0 Å². The Morgan fingerprint density at radius 1 is 1.26 bits per heavy atom. The zero-order valence-corrected chi connectivity index (χ0v) is 18.3. The first-order valence-corrected chi connectivity index (χ1v) is 11.1. The second-order valence-electron chi connectivity index (χ2n) is 8.34. The summed E-state index contributed by atoms with van der Waals surface area (Å²) in [5.74, 6) is -0.846. The number of cyclic esters (lactones) is 1. The van der Waals surface area contributed by atoms with Gasteiger partial charge < -0.3 is 14.9 Å². The zero-order chi connectivity index (χ0) is 22.2. The van der Waals surface area contributed by atoms with Crippen LogP contribution in [0.4, 0.5) is 4.39 Å². The second-order valence-corrected chi connectivity index (χ2v) is 10.0. The highest BCUT2D eigenvalue weighted by molar-refractivity contribution is 8.01. The van der Waals surface area contributed by atoms with Gasteiger partial charge in [0, 0.05) is 21.6 Å². The van der Waals surface area contributed by atoms with Crippen LogP contribution >= 0.6 is 11.8 Å². The van der Waals surface area contributed by atoms with Crippen molar-refractivity contribution in [2.24, 2.45) is 0 Å². The first-order chi connectivity index (χ1) is 14.8. The maximum atomic E-state index is 14.1. The highest BCUT2D eigenvalue weighted by Gasteiger charge is 2.34. The molecule has 4 rings (SSSR count). The first-order valence-electron chi connectivity index (χ1n) is 10.3. The fourth-order valence-corrected chi connectivity index (χ4v) is 5.37. The minimum Gasteiger partial charge on any atom is -0.458 e. The van der Waals surface area contributed by atoms with E-state index in [1.807, 2.05) is 30.4 Å². The van der Waals surface area contributed by atoms with E-state index in [0.717, 1.165) is 27.2 Å². The van der Waals surface area contributed by atoms with Crippen molar-refractivity contribution < 1.29 is 24.1 Å². The third-order valence-electron chi connectivity index (χ3n) is 5.61. The molecule has 2 aliphatic heterocycles. The Morgan fingerprint density at radius 2 is 2.03 bits per heavy atom.